The summed E-state index contributed by atoms with van der Waals surface area (Å²) in [6.07, 6.45) is 0.756. The van der Waals surface area contributed by atoms with Gasteiger partial charge in [0.1, 0.15) is 18.3 Å². The number of ether oxygens (including phenoxy) is 1. The molecule has 2 atom stereocenters. The van der Waals surface area contributed by atoms with Crippen LogP contribution < -0.4 is 14.4 Å². The Morgan fingerprint density at radius 3 is 2.22 bits per heavy atom. The van der Waals surface area contributed by atoms with Crippen molar-refractivity contribution in [3.05, 3.63) is 128 Å². The van der Waals surface area contributed by atoms with Gasteiger partial charge in [-0.25, -0.2) is 8.42 Å². The van der Waals surface area contributed by atoms with Gasteiger partial charge >= 0.3 is 0 Å². The van der Waals surface area contributed by atoms with Gasteiger partial charge in [-0.3, -0.25) is 24.0 Å². The van der Waals surface area contributed by atoms with E-state index in [-0.39, 0.29) is 40.2 Å². The van der Waals surface area contributed by atoms with Crippen molar-refractivity contribution < 1.29 is 27.7 Å². The number of sulfonamides is 1. The first kappa shape index (κ1) is 38.2. The zero-order valence-electron chi connectivity index (χ0n) is 28.0. The van der Waals surface area contributed by atoms with E-state index in [0.29, 0.717) is 22.8 Å². The maximum atomic E-state index is 14.7. The van der Waals surface area contributed by atoms with Crippen LogP contribution in [0.25, 0.3) is 0 Å². The maximum absolute atomic E-state index is 14.7. The number of nitro benzene ring substituents is 1. The van der Waals surface area contributed by atoms with Crippen molar-refractivity contribution in [3.63, 3.8) is 0 Å². The van der Waals surface area contributed by atoms with Crippen molar-refractivity contribution in [2.45, 2.75) is 57.1 Å². The molecule has 4 aromatic rings. The van der Waals surface area contributed by atoms with Gasteiger partial charge in [-0.2, -0.15) is 0 Å². The molecule has 4 rings (SSSR count). The predicted octanol–water partition coefficient (Wildman–Crippen LogP) is 6.97. The number of hydrogen-bond acceptors (Lipinski definition) is 7. The van der Waals surface area contributed by atoms with Crippen molar-refractivity contribution >= 4 is 56.4 Å². The Kier molecular flexibility index (Phi) is 12.9. The molecule has 1 N–H and O–H groups in total. The molecule has 0 bridgehead atoms. The minimum absolute atomic E-state index is 0.0977. The number of halogens is 2. The normalized spacial score (nSPS) is 12.4. The predicted molar refractivity (Wildman–Crippen MR) is 194 cm³/mol. The highest BCUT2D eigenvalue weighted by Gasteiger charge is 2.35. The Balaban J connectivity index is 1.86. The van der Waals surface area contributed by atoms with Crippen LogP contribution in [0.4, 0.5) is 11.4 Å². The van der Waals surface area contributed by atoms with Gasteiger partial charge in [-0.15, -0.1) is 0 Å². The first-order valence-electron chi connectivity index (χ1n) is 15.7. The Bertz CT molecular complexity index is 1940. The molecule has 2 amide bonds. The molecular weight excluding hydrogens is 703 g/mol. The van der Waals surface area contributed by atoms with Gasteiger partial charge in [0.15, 0.2) is 0 Å². The molecule has 264 valence electrons. The van der Waals surface area contributed by atoms with Gasteiger partial charge in [-0.1, -0.05) is 72.6 Å². The number of carbonyl (C=O) groups excluding carboxylic acids is 2. The average molecular weight is 742 g/mol. The summed E-state index contributed by atoms with van der Waals surface area (Å²) in [6, 6.07) is 22.3. The van der Waals surface area contributed by atoms with Gasteiger partial charge in [0, 0.05) is 30.6 Å². The molecule has 0 aliphatic carbocycles. The fourth-order valence-electron chi connectivity index (χ4n) is 5.18. The summed E-state index contributed by atoms with van der Waals surface area (Å²) in [5.74, 6) is -0.698. The van der Waals surface area contributed by atoms with E-state index in [1.165, 1.54) is 55.3 Å². The number of nitro groups is 1. The summed E-state index contributed by atoms with van der Waals surface area (Å²) in [5.41, 5.74) is 1.30. The minimum atomic E-state index is -4.59. The number of aryl methyl sites for hydroxylation is 1. The highest BCUT2D eigenvalue weighted by Crippen LogP contribution is 2.30. The van der Waals surface area contributed by atoms with E-state index in [1.54, 1.807) is 18.2 Å². The summed E-state index contributed by atoms with van der Waals surface area (Å²) in [7, 11) is -3.13. The second-order valence-corrected chi connectivity index (χ2v) is 14.4. The van der Waals surface area contributed by atoms with Crippen LogP contribution in [0.15, 0.2) is 95.9 Å². The quantitative estimate of drug-likeness (QED) is 0.103. The highest BCUT2D eigenvalue weighted by molar-refractivity contribution is 7.92. The Labute approximate surface area is 302 Å². The molecule has 50 heavy (non-hydrogen) atoms. The van der Waals surface area contributed by atoms with Gasteiger partial charge in [0.05, 0.1) is 32.7 Å². The fraction of sp³-hybridized carbons (Fsp3) is 0.278. The summed E-state index contributed by atoms with van der Waals surface area (Å²) < 4.78 is 34.8. The van der Waals surface area contributed by atoms with Crippen molar-refractivity contribution in [2.24, 2.45) is 0 Å². The summed E-state index contributed by atoms with van der Waals surface area (Å²) in [6.45, 7) is 4.40. The van der Waals surface area contributed by atoms with E-state index in [0.717, 1.165) is 15.9 Å². The number of nitrogens with one attached hydrogen (secondary N) is 1. The summed E-state index contributed by atoms with van der Waals surface area (Å²) in [4.78, 5) is 40.7. The molecule has 0 spiro atoms. The SMILES string of the molecule is CCC(C)NC(=O)C(Cc1ccccc1)N(Cc1ccc(Cl)c(Cl)c1)C(=O)CN(c1ccc(OC)cc1)S(=O)(=O)c1ccc(C)c([N+](=O)[O-])c1. The van der Waals surface area contributed by atoms with Crippen LogP contribution in [0.2, 0.25) is 10.0 Å². The van der Waals surface area contributed by atoms with Gasteiger partial charge < -0.3 is 15.0 Å². The van der Waals surface area contributed by atoms with Crippen LogP contribution in [0.1, 0.15) is 37.0 Å². The lowest BCUT2D eigenvalue weighted by atomic mass is 10.0. The lowest BCUT2D eigenvalue weighted by Crippen LogP contribution is -2.54. The zero-order chi connectivity index (χ0) is 36.6. The third kappa shape index (κ3) is 9.32. The number of benzene rings is 4. The number of hydrogen-bond donors (Lipinski definition) is 1. The van der Waals surface area contributed by atoms with Crippen molar-refractivity contribution in [1.29, 1.82) is 0 Å². The zero-order valence-corrected chi connectivity index (χ0v) is 30.3. The summed E-state index contributed by atoms with van der Waals surface area (Å²) in [5, 5.41) is 15.3. The second kappa shape index (κ2) is 16.8. The van der Waals surface area contributed by atoms with Gasteiger partial charge in [-0.05, 0) is 73.9 Å². The first-order chi connectivity index (χ1) is 23.7. The maximum Gasteiger partial charge on any atom is 0.273 e. The first-order valence-corrected chi connectivity index (χ1v) is 17.9. The van der Waals surface area contributed by atoms with E-state index >= 15 is 0 Å². The lowest BCUT2D eigenvalue weighted by molar-refractivity contribution is -0.385. The molecule has 0 aliphatic rings. The van der Waals surface area contributed by atoms with E-state index in [4.69, 9.17) is 27.9 Å². The fourth-order valence-corrected chi connectivity index (χ4v) is 6.94. The van der Waals surface area contributed by atoms with Gasteiger partial charge in [0.2, 0.25) is 11.8 Å². The monoisotopic (exact) mass is 740 g/mol. The van der Waals surface area contributed by atoms with E-state index in [2.05, 4.69) is 5.32 Å². The Morgan fingerprint density at radius 2 is 1.62 bits per heavy atom. The van der Waals surface area contributed by atoms with Crippen molar-refractivity contribution in [1.82, 2.24) is 10.2 Å². The number of rotatable bonds is 15. The van der Waals surface area contributed by atoms with Crippen molar-refractivity contribution in [2.75, 3.05) is 18.0 Å². The van der Waals surface area contributed by atoms with Crippen molar-refractivity contribution in [3.8, 4) is 5.75 Å². The molecule has 4 aromatic carbocycles. The van der Waals surface area contributed by atoms with E-state index in [1.807, 2.05) is 44.2 Å². The largest absolute Gasteiger partial charge is 0.497 e. The molecular formula is C36H38Cl2N4O7S. The molecule has 0 radical (unpaired) electrons. The number of methoxy groups -OCH3 is 1. The summed E-state index contributed by atoms with van der Waals surface area (Å²) >= 11 is 12.5. The van der Waals surface area contributed by atoms with Crippen LogP contribution in [0.5, 0.6) is 5.75 Å². The molecule has 0 saturated carbocycles. The van der Waals surface area contributed by atoms with Crippen LogP contribution in [0, 0.1) is 17.0 Å². The van der Waals surface area contributed by atoms with Gasteiger partial charge in [0.25, 0.3) is 15.7 Å². The molecule has 0 saturated heterocycles. The van der Waals surface area contributed by atoms with Crippen LogP contribution >= 0.6 is 23.2 Å². The van der Waals surface area contributed by atoms with E-state index in [9.17, 15) is 28.1 Å². The standard InChI is InChI=1S/C36H38Cl2N4O7S/c1-5-25(3)39-36(44)34(20-26-9-7-6-8-10-26)40(22-27-12-18-31(37)32(38)19-27)35(43)23-41(28-13-15-29(49-4)16-14-28)50(47,48)30-17-11-24(2)33(21-30)42(45)46/h6-19,21,25,34H,5,20,22-23H2,1-4H3,(H,39,44). The Morgan fingerprint density at radius 1 is 0.940 bits per heavy atom. The van der Waals surface area contributed by atoms with Crippen LogP contribution in [-0.4, -0.2) is 55.8 Å². The number of carbonyl (C=O) groups is 2. The van der Waals surface area contributed by atoms with E-state index < -0.39 is 45.0 Å². The number of nitrogens with zero attached hydrogens (tertiary/aromatic N) is 3. The third-order valence-corrected chi connectivity index (χ3v) is 10.7. The molecule has 0 fully saturated rings. The number of amides is 2. The third-order valence-electron chi connectivity index (χ3n) is 8.21. The molecule has 0 aromatic heterocycles. The highest BCUT2D eigenvalue weighted by atomic mass is 35.5. The second-order valence-electron chi connectivity index (χ2n) is 11.7. The lowest BCUT2D eigenvalue weighted by Gasteiger charge is -2.34. The van der Waals surface area contributed by atoms with Crippen LogP contribution in [-0.2, 0) is 32.6 Å². The Hall–Kier alpha value is -4.65. The number of anilines is 1. The average Bonchev–Trinajstić information content (AvgIpc) is 3.10. The van der Waals surface area contributed by atoms with Crippen LogP contribution in [0.3, 0.4) is 0 Å². The molecule has 0 aliphatic heterocycles. The molecule has 2 unspecified atom stereocenters. The molecule has 0 heterocycles. The molecule has 11 nitrogen and oxygen atoms in total. The topological polar surface area (TPSA) is 139 Å². The minimum Gasteiger partial charge on any atom is -0.497 e. The smallest absolute Gasteiger partial charge is 0.273 e. The molecule has 14 heteroatoms.